The van der Waals surface area contributed by atoms with Crippen molar-refractivity contribution < 1.29 is 14.6 Å². The van der Waals surface area contributed by atoms with Crippen LogP contribution in [0.3, 0.4) is 0 Å². The van der Waals surface area contributed by atoms with Crippen LogP contribution in [0.1, 0.15) is 11.1 Å². The quantitative estimate of drug-likeness (QED) is 0.331. The molecule has 0 unspecified atom stereocenters. The molecule has 0 saturated carbocycles. The summed E-state index contributed by atoms with van der Waals surface area (Å²) in [5.74, 6) is -0.419. The summed E-state index contributed by atoms with van der Waals surface area (Å²) in [6.45, 7) is 0. The largest absolute Gasteiger partial charge is 0.299 e. The first-order valence-electron chi connectivity index (χ1n) is 7.84. The number of hydrogen-bond acceptors (Lipinski definition) is 8. The smallest absolute Gasteiger partial charge is 0.288 e. The summed E-state index contributed by atoms with van der Waals surface area (Å²) in [7, 11) is 0. The summed E-state index contributed by atoms with van der Waals surface area (Å²) in [6.07, 6.45) is 2.78. The number of nitrogens with zero attached hydrogens (tertiary/aromatic N) is 4. The maximum atomic E-state index is 12.0. The average Bonchev–Trinajstić information content (AvgIpc) is 3.02. The minimum absolute atomic E-state index is 0.00741. The van der Waals surface area contributed by atoms with Crippen LogP contribution >= 0.6 is 23.4 Å². The zero-order valence-corrected chi connectivity index (χ0v) is 15.9. The van der Waals surface area contributed by atoms with Gasteiger partial charge in [-0.25, -0.2) is 0 Å². The molecule has 0 atom stereocenters. The molecule has 0 aliphatic carbocycles. The van der Waals surface area contributed by atoms with Crippen LogP contribution in [0, 0.1) is 20.2 Å². The van der Waals surface area contributed by atoms with Crippen LogP contribution in [0.4, 0.5) is 11.4 Å². The minimum Gasteiger partial charge on any atom is -0.299 e. The third-order valence-electron chi connectivity index (χ3n) is 3.55. The van der Waals surface area contributed by atoms with Gasteiger partial charge in [0, 0.05) is 23.8 Å². The lowest BCUT2D eigenvalue weighted by atomic mass is 10.2. The number of rotatable bonds is 5. The second-order valence-electron chi connectivity index (χ2n) is 5.53. The highest BCUT2D eigenvalue weighted by Gasteiger charge is 2.24. The lowest BCUT2D eigenvalue weighted by Gasteiger charge is -1.96. The number of benzene rings is 2. The Hall–Kier alpha value is -3.57. The molecule has 1 saturated heterocycles. The lowest BCUT2D eigenvalue weighted by molar-refractivity contribution is -0.385. The van der Waals surface area contributed by atoms with Gasteiger partial charge >= 0.3 is 0 Å². The van der Waals surface area contributed by atoms with E-state index in [1.807, 2.05) is 0 Å². The van der Waals surface area contributed by atoms with E-state index in [1.54, 1.807) is 6.07 Å². The molecule has 0 spiro atoms. The summed E-state index contributed by atoms with van der Waals surface area (Å²) in [5.41, 5.74) is 0.564. The molecule has 29 heavy (non-hydrogen) atoms. The molecule has 1 aliphatic heterocycles. The van der Waals surface area contributed by atoms with Crippen LogP contribution in [0.15, 0.2) is 57.6 Å². The number of hydrogen-bond donors (Lipinski definition) is 1. The van der Waals surface area contributed by atoms with Gasteiger partial charge in [-0.1, -0.05) is 29.8 Å². The van der Waals surface area contributed by atoms with Crippen molar-refractivity contribution in [1.82, 2.24) is 5.32 Å². The van der Waals surface area contributed by atoms with Crippen molar-refractivity contribution in [3.8, 4) is 0 Å². The number of thioether (sulfide) groups is 1. The molecular formula is C17H10ClN5O5S. The Morgan fingerprint density at radius 1 is 1.07 bits per heavy atom. The van der Waals surface area contributed by atoms with E-state index in [1.165, 1.54) is 48.7 Å². The molecule has 0 aromatic heterocycles. The molecule has 1 fully saturated rings. The van der Waals surface area contributed by atoms with Gasteiger partial charge in [0.15, 0.2) is 5.17 Å². The van der Waals surface area contributed by atoms with Crippen LogP contribution in [-0.4, -0.2) is 27.1 Å². The van der Waals surface area contributed by atoms with E-state index >= 15 is 0 Å². The number of amidine groups is 1. The molecule has 1 heterocycles. The zero-order valence-electron chi connectivity index (χ0n) is 14.3. The first-order valence-corrected chi connectivity index (χ1v) is 9.03. The van der Waals surface area contributed by atoms with Crippen LogP contribution < -0.4 is 5.32 Å². The molecule has 3 rings (SSSR count). The molecule has 2 aromatic rings. The number of nitrogens with one attached hydrogen (secondary N) is 1. The van der Waals surface area contributed by atoms with Crippen molar-refractivity contribution in [1.29, 1.82) is 0 Å². The van der Waals surface area contributed by atoms with Crippen molar-refractivity contribution in [3.05, 3.63) is 83.7 Å². The van der Waals surface area contributed by atoms with Crippen molar-refractivity contribution in [2.45, 2.75) is 0 Å². The zero-order chi connectivity index (χ0) is 21.0. The lowest BCUT2D eigenvalue weighted by Crippen LogP contribution is -2.19. The Kier molecular flexibility index (Phi) is 6.00. The summed E-state index contributed by atoms with van der Waals surface area (Å²) >= 11 is 6.76. The number of nitro groups is 2. The van der Waals surface area contributed by atoms with E-state index in [0.29, 0.717) is 16.0 Å². The first-order chi connectivity index (χ1) is 13.8. The van der Waals surface area contributed by atoms with Gasteiger partial charge in [0.05, 0.1) is 21.0 Å². The van der Waals surface area contributed by atoms with E-state index in [2.05, 4.69) is 15.5 Å². The number of amides is 1. The van der Waals surface area contributed by atoms with Crippen molar-refractivity contribution >= 4 is 58.1 Å². The topological polar surface area (TPSA) is 140 Å². The summed E-state index contributed by atoms with van der Waals surface area (Å²) in [5, 5.41) is 32.1. The van der Waals surface area contributed by atoms with Gasteiger partial charge in [-0.15, -0.1) is 5.10 Å². The Labute approximate surface area is 172 Å². The molecule has 1 aliphatic rings. The minimum atomic E-state index is -0.608. The highest BCUT2D eigenvalue weighted by Crippen LogP contribution is 2.27. The van der Waals surface area contributed by atoms with Gasteiger partial charge < -0.3 is 0 Å². The second kappa shape index (κ2) is 8.63. The highest BCUT2D eigenvalue weighted by atomic mass is 35.5. The molecule has 146 valence electrons. The molecule has 1 N–H and O–H groups in total. The van der Waals surface area contributed by atoms with Crippen molar-refractivity contribution in [2.24, 2.45) is 10.2 Å². The Morgan fingerprint density at radius 3 is 2.59 bits per heavy atom. The molecule has 10 nitrogen and oxygen atoms in total. The summed E-state index contributed by atoms with van der Waals surface area (Å²) < 4.78 is 0. The predicted molar refractivity (Wildman–Crippen MR) is 110 cm³/mol. The van der Waals surface area contributed by atoms with E-state index in [4.69, 9.17) is 11.6 Å². The SMILES string of the molecule is O=C1N/C(=N\N=C\c2ccc(Cl)c([N+](=O)[O-])c2)S/C1=C/c1cccc([N+](=O)[O-])c1. The number of carbonyl (C=O) groups is 1. The van der Waals surface area contributed by atoms with Gasteiger partial charge in [0.25, 0.3) is 17.3 Å². The summed E-state index contributed by atoms with van der Waals surface area (Å²) in [6, 6.07) is 10.0. The molecule has 0 radical (unpaired) electrons. The van der Waals surface area contributed by atoms with Crippen molar-refractivity contribution in [3.63, 3.8) is 0 Å². The third-order valence-corrected chi connectivity index (χ3v) is 4.77. The fraction of sp³-hybridized carbons (Fsp3) is 0. The second-order valence-corrected chi connectivity index (χ2v) is 6.97. The van der Waals surface area contributed by atoms with E-state index in [-0.39, 0.29) is 21.6 Å². The van der Waals surface area contributed by atoms with Gasteiger partial charge in [-0.2, -0.15) is 5.10 Å². The Morgan fingerprint density at radius 2 is 1.86 bits per heavy atom. The fourth-order valence-electron chi connectivity index (χ4n) is 2.25. The number of carbonyl (C=O) groups excluding carboxylic acids is 1. The number of halogens is 1. The molecule has 0 bridgehead atoms. The average molecular weight is 432 g/mol. The molecule has 1 amide bonds. The first kappa shape index (κ1) is 20.2. The number of non-ortho nitro benzene ring substituents is 1. The van der Waals surface area contributed by atoms with Crippen LogP contribution in [0.25, 0.3) is 6.08 Å². The maximum Gasteiger partial charge on any atom is 0.288 e. The van der Waals surface area contributed by atoms with Gasteiger partial charge in [-0.3, -0.25) is 30.3 Å². The van der Waals surface area contributed by atoms with E-state index < -0.39 is 15.8 Å². The Bertz CT molecular complexity index is 1120. The Balaban J connectivity index is 1.75. The molecule has 12 heteroatoms. The van der Waals surface area contributed by atoms with Crippen molar-refractivity contribution in [2.75, 3.05) is 0 Å². The maximum absolute atomic E-state index is 12.0. The van der Waals surface area contributed by atoms with E-state index in [0.717, 1.165) is 11.8 Å². The van der Waals surface area contributed by atoms with E-state index in [9.17, 15) is 25.0 Å². The normalized spacial score (nSPS) is 16.5. The van der Waals surface area contributed by atoms with Gasteiger partial charge in [0.2, 0.25) is 0 Å². The molecular weight excluding hydrogens is 422 g/mol. The van der Waals surface area contributed by atoms with Crippen LogP contribution in [-0.2, 0) is 4.79 Å². The third kappa shape index (κ3) is 5.03. The van der Waals surface area contributed by atoms with Crippen LogP contribution in [0.5, 0.6) is 0 Å². The number of nitro benzene ring substituents is 2. The predicted octanol–water partition coefficient (Wildman–Crippen LogP) is 3.75. The summed E-state index contributed by atoms with van der Waals surface area (Å²) in [4.78, 5) is 32.9. The monoisotopic (exact) mass is 431 g/mol. The van der Waals surface area contributed by atoms with Gasteiger partial charge in [-0.05, 0) is 29.5 Å². The van der Waals surface area contributed by atoms with Crippen LogP contribution in [0.2, 0.25) is 5.02 Å². The standard InChI is InChI=1S/C17H10ClN5O5S/c18-13-5-4-11(7-14(13)23(27)28)9-19-21-17-20-16(24)15(29-17)8-10-2-1-3-12(6-10)22(25)26/h1-9H,(H,20,21,24)/b15-8+,19-9+. The van der Waals surface area contributed by atoms with Gasteiger partial charge in [0.1, 0.15) is 5.02 Å². The molecule has 2 aromatic carbocycles. The fourth-order valence-corrected chi connectivity index (χ4v) is 3.22. The highest BCUT2D eigenvalue weighted by molar-refractivity contribution is 8.18.